The minimum atomic E-state index is -0.166. The quantitative estimate of drug-likeness (QED) is 0.662. The van der Waals surface area contributed by atoms with Crippen molar-refractivity contribution in [3.05, 3.63) is 64.7 Å². The van der Waals surface area contributed by atoms with E-state index in [-0.39, 0.29) is 11.8 Å². The fourth-order valence-corrected chi connectivity index (χ4v) is 2.43. The number of carbonyl (C=O) groups excluding carboxylic acids is 2. The number of nitrogen functional groups attached to an aromatic ring is 1. The Hall–Kier alpha value is -2.86. The monoisotopic (exact) mass is 354 g/mol. The molecule has 6 nitrogen and oxygen atoms in total. The number of nitrogens with two attached hydrogens (primary N) is 1. The second kappa shape index (κ2) is 9.01. The number of likely N-dealkylation sites (N-methyl/N-ethyl adjacent to an activating group) is 1. The minimum absolute atomic E-state index is 0.0992. The third kappa shape index (κ3) is 5.60. The summed E-state index contributed by atoms with van der Waals surface area (Å²) < 4.78 is 0. The molecule has 26 heavy (non-hydrogen) atoms. The van der Waals surface area contributed by atoms with E-state index < -0.39 is 0 Å². The molecule has 0 aromatic heterocycles. The van der Waals surface area contributed by atoms with Gasteiger partial charge in [-0.1, -0.05) is 18.2 Å². The molecule has 0 saturated heterocycles. The maximum Gasteiger partial charge on any atom is 0.251 e. The summed E-state index contributed by atoms with van der Waals surface area (Å²) in [5.41, 5.74) is 9.28. The Bertz CT molecular complexity index is 770. The largest absolute Gasteiger partial charge is 0.399 e. The lowest BCUT2D eigenvalue weighted by atomic mass is 10.1. The van der Waals surface area contributed by atoms with E-state index in [1.807, 2.05) is 44.1 Å². The normalized spacial score (nSPS) is 10.6. The Kier molecular flexibility index (Phi) is 6.74. The average Bonchev–Trinajstić information content (AvgIpc) is 2.61. The molecule has 0 radical (unpaired) electrons. The van der Waals surface area contributed by atoms with Crippen molar-refractivity contribution < 1.29 is 9.59 Å². The molecule has 0 spiro atoms. The number of hydrogen-bond donors (Lipinski definition) is 3. The van der Waals surface area contributed by atoms with Crippen LogP contribution in [0, 0.1) is 6.92 Å². The fraction of sp³-hybridized carbons (Fsp3) is 0.300. The molecule has 0 heterocycles. The Morgan fingerprint density at radius 3 is 2.35 bits per heavy atom. The van der Waals surface area contributed by atoms with Gasteiger partial charge in [-0.3, -0.25) is 9.59 Å². The summed E-state index contributed by atoms with van der Waals surface area (Å²) in [6, 6.07) is 12.5. The Morgan fingerprint density at radius 2 is 1.69 bits per heavy atom. The highest BCUT2D eigenvalue weighted by Crippen LogP contribution is 2.13. The molecule has 0 aliphatic rings. The summed E-state index contributed by atoms with van der Waals surface area (Å²) in [6.07, 6.45) is 0. The van der Waals surface area contributed by atoms with Crippen molar-refractivity contribution in [2.45, 2.75) is 13.5 Å². The molecule has 0 fully saturated rings. The first kappa shape index (κ1) is 19.5. The highest BCUT2D eigenvalue weighted by molar-refractivity contribution is 5.96. The predicted molar refractivity (Wildman–Crippen MR) is 104 cm³/mol. The van der Waals surface area contributed by atoms with Crippen LogP contribution in [0.5, 0.6) is 0 Å². The maximum atomic E-state index is 12.3. The molecule has 2 amide bonds. The number of nitrogens with zero attached hydrogens (tertiary/aromatic N) is 1. The minimum Gasteiger partial charge on any atom is -0.399 e. The molecule has 0 aliphatic heterocycles. The second-order valence-corrected chi connectivity index (χ2v) is 6.51. The van der Waals surface area contributed by atoms with E-state index in [0.29, 0.717) is 29.9 Å². The topological polar surface area (TPSA) is 87.5 Å². The average molecular weight is 354 g/mol. The fourth-order valence-electron chi connectivity index (χ4n) is 2.43. The molecule has 2 rings (SSSR count). The molecule has 0 aliphatic carbocycles. The van der Waals surface area contributed by atoms with Crippen LogP contribution in [0.4, 0.5) is 5.69 Å². The van der Waals surface area contributed by atoms with Gasteiger partial charge in [0.05, 0.1) is 0 Å². The van der Waals surface area contributed by atoms with E-state index in [1.165, 1.54) is 0 Å². The van der Waals surface area contributed by atoms with Crippen LogP contribution >= 0.6 is 0 Å². The van der Waals surface area contributed by atoms with Gasteiger partial charge in [-0.05, 0) is 56.4 Å². The number of benzene rings is 2. The zero-order valence-electron chi connectivity index (χ0n) is 15.5. The molecule has 6 heteroatoms. The van der Waals surface area contributed by atoms with E-state index in [4.69, 9.17) is 5.73 Å². The maximum absolute atomic E-state index is 12.3. The molecule has 0 saturated carbocycles. The SMILES string of the molecule is Cc1ccc(N)cc1C(=O)NCc1ccc(C(=O)NCCN(C)C)cc1. The number of carbonyl (C=O) groups is 2. The zero-order valence-corrected chi connectivity index (χ0v) is 15.5. The highest BCUT2D eigenvalue weighted by atomic mass is 16.2. The molecule has 0 unspecified atom stereocenters. The highest BCUT2D eigenvalue weighted by Gasteiger charge is 2.10. The predicted octanol–water partition coefficient (Wildman–Crippen LogP) is 1.80. The Morgan fingerprint density at radius 1 is 1.00 bits per heavy atom. The van der Waals surface area contributed by atoms with Gasteiger partial charge in [0, 0.05) is 36.4 Å². The van der Waals surface area contributed by atoms with Crippen LogP contribution in [0.1, 0.15) is 31.8 Å². The van der Waals surface area contributed by atoms with Crippen LogP contribution in [-0.4, -0.2) is 43.9 Å². The number of anilines is 1. The molecule has 2 aromatic rings. The van der Waals surface area contributed by atoms with E-state index in [0.717, 1.165) is 17.7 Å². The van der Waals surface area contributed by atoms with Gasteiger partial charge < -0.3 is 21.3 Å². The van der Waals surface area contributed by atoms with Gasteiger partial charge in [0.2, 0.25) is 0 Å². The van der Waals surface area contributed by atoms with Crippen molar-refractivity contribution in [2.24, 2.45) is 0 Å². The molecular formula is C20H26N4O2. The lowest BCUT2D eigenvalue weighted by Crippen LogP contribution is -2.31. The van der Waals surface area contributed by atoms with Crippen molar-refractivity contribution >= 4 is 17.5 Å². The van der Waals surface area contributed by atoms with Crippen molar-refractivity contribution in [1.82, 2.24) is 15.5 Å². The molecule has 0 bridgehead atoms. The van der Waals surface area contributed by atoms with Crippen molar-refractivity contribution in [1.29, 1.82) is 0 Å². The van der Waals surface area contributed by atoms with Gasteiger partial charge in [-0.2, -0.15) is 0 Å². The zero-order chi connectivity index (χ0) is 19.1. The first-order valence-corrected chi connectivity index (χ1v) is 8.53. The van der Waals surface area contributed by atoms with Gasteiger partial charge in [-0.15, -0.1) is 0 Å². The Balaban J connectivity index is 1.90. The smallest absolute Gasteiger partial charge is 0.251 e. The second-order valence-electron chi connectivity index (χ2n) is 6.51. The summed E-state index contributed by atoms with van der Waals surface area (Å²) in [4.78, 5) is 26.4. The van der Waals surface area contributed by atoms with Crippen LogP contribution in [0.2, 0.25) is 0 Å². The third-order valence-corrected chi connectivity index (χ3v) is 4.02. The first-order valence-electron chi connectivity index (χ1n) is 8.53. The standard InChI is InChI=1S/C20H26N4O2/c1-14-4-9-17(21)12-18(14)20(26)23-13-15-5-7-16(8-6-15)19(25)22-10-11-24(2)3/h4-9,12H,10-11,13,21H2,1-3H3,(H,22,25)(H,23,26). The van der Waals surface area contributed by atoms with E-state index in [1.54, 1.807) is 24.3 Å². The lowest BCUT2D eigenvalue weighted by molar-refractivity contribution is 0.0941. The van der Waals surface area contributed by atoms with Gasteiger partial charge in [-0.25, -0.2) is 0 Å². The van der Waals surface area contributed by atoms with Crippen molar-refractivity contribution in [3.8, 4) is 0 Å². The van der Waals surface area contributed by atoms with Crippen LogP contribution < -0.4 is 16.4 Å². The Labute approximate surface area is 154 Å². The first-order chi connectivity index (χ1) is 12.4. The van der Waals surface area contributed by atoms with Gasteiger partial charge in [0.1, 0.15) is 0 Å². The molecule has 2 aromatic carbocycles. The van der Waals surface area contributed by atoms with Gasteiger partial charge in [0.15, 0.2) is 0 Å². The summed E-state index contributed by atoms with van der Waals surface area (Å²) in [6.45, 7) is 3.65. The molecule has 4 N–H and O–H groups in total. The van der Waals surface area contributed by atoms with E-state index in [2.05, 4.69) is 10.6 Å². The summed E-state index contributed by atoms with van der Waals surface area (Å²) in [5, 5.41) is 5.75. The van der Waals surface area contributed by atoms with Crippen LogP contribution in [0.3, 0.4) is 0 Å². The summed E-state index contributed by atoms with van der Waals surface area (Å²) in [7, 11) is 3.92. The van der Waals surface area contributed by atoms with Crippen molar-refractivity contribution in [3.63, 3.8) is 0 Å². The molecule has 138 valence electrons. The van der Waals surface area contributed by atoms with E-state index in [9.17, 15) is 9.59 Å². The van der Waals surface area contributed by atoms with Crippen LogP contribution in [0.25, 0.3) is 0 Å². The third-order valence-electron chi connectivity index (χ3n) is 4.02. The van der Waals surface area contributed by atoms with Gasteiger partial charge in [0.25, 0.3) is 11.8 Å². The number of hydrogen-bond acceptors (Lipinski definition) is 4. The van der Waals surface area contributed by atoms with Crippen LogP contribution in [-0.2, 0) is 6.54 Å². The molecular weight excluding hydrogens is 328 g/mol. The number of amides is 2. The molecule has 0 atom stereocenters. The lowest BCUT2D eigenvalue weighted by Gasteiger charge is -2.11. The summed E-state index contributed by atoms with van der Waals surface area (Å²) in [5.74, 6) is -0.266. The van der Waals surface area contributed by atoms with Crippen LogP contribution in [0.15, 0.2) is 42.5 Å². The van der Waals surface area contributed by atoms with Gasteiger partial charge >= 0.3 is 0 Å². The van der Waals surface area contributed by atoms with Crippen molar-refractivity contribution in [2.75, 3.05) is 32.9 Å². The number of rotatable bonds is 7. The number of aryl methyl sites for hydroxylation is 1. The summed E-state index contributed by atoms with van der Waals surface area (Å²) >= 11 is 0. The number of nitrogens with one attached hydrogen (secondary N) is 2. The van der Waals surface area contributed by atoms with E-state index >= 15 is 0 Å².